The van der Waals surface area contributed by atoms with Crippen LogP contribution < -0.4 is 5.32 Å². The molecule has 0 spiro atoms. The first-order valence-electron chi connectivity index (χ1n) is 6.41. The molecule has 4 heteroatoms. The van der Waals surface area contributed by atoms with Crippen molar-refractivity contribution in [3.05, 3.63) is 29.6 Å². The Morgan fingerprint density at radius 1 is 1.22 bits per heavy atom. The van der Waals surface area contributed by atoms with Crippen LogP contribution in [0.5, 0.6) is 5.75 Å². The average Bonchev–Trinajstić information content (AvgIpc) is 2.37. The molecule has 0 radical (unpaired) electrons. The predicted octanol–water partition coefficient (Wildman–Crippen LogP) is 3.54. The summed E-state index contributed by atoms with van der Waals surface area (Å²) in [6.07, 6.45) is 7.04. The Kier molecular flexibility index (Phi) is 7.85. The molecule has 0 fully saturated rings. The van der Waals surface area contributed by atoms with Crippen molar-refractivity contribution in [1.82, 2.24) is 5.32 Å². The Balaban J connectivity index is 2.09. The van der Waals surface area contributed by atoms with E-state index in [4.69, 9.17) is 0 Å². The normalized spacial score (nSPS) is 10.8. The van der Waals surface area contributed by atoms with Gasteiger partial charge in [-0.1, -0.05) is 25.0 Å². The number of phenolic OH excluding ortho intramolecular Hbond substituents is 1. The summed E-state index contributed by atoms with van der Waals surface area (Å²) >= 11 is 1.89. The number of hydrogen-bond acceptors (Lipinski definition) is 3. The Hall–Kier alpha value is -0.740. The van der Waals surface area contributed by atoms with Crippen LogP contribution in [-0.4, -0.2) is 23.7 Å². The molecule has 102 valence electrons. The van der Waals surface area contributed by atoms with Crippen molar-refractivity contribution in [2.24, 2.45) is 0 Å². The molecule has 0 saturated heterocycles. The summed E-state index contributed by atoms with van der Waals surface area (Å²) in [5.41, 5.74) is 0.623. The van der Waals surface area contributed by atoms with Crippen molar-refractivity contribution in [3.63, 3.8) is 0 Å². The van der Waals surface area contributed by atoms with Gasteiger partial charge in [0, 0.05) is 12.1 Å². The molecule has 0 aromatic heterocycles. The first-order valence-corrected chi connectivity index (χ1v) is 7.81. The fourth-order valence-corrected chi connectivity index (χ4v) is 2.27. The Morgan fingerprint density at radius 2 is 2.00 bits per heavy atom. The molecule has 0 unspecified atom stereocenters. The molecule has 18 heavy (non-hydrogen) atoms. The molecule has 0 bridgehead atoms. The first-order chi connectivity index (χ1) is 8.75. The van der Waals surface area contributed by atoms with E-state index < -0.39 is 5.82 Å². The zero-order valence-electron chi connectivity index (χ0n) is 10.9. The summed E-state index contributed by atoms with van der Waals surface area (Å²) in [5.74, 6) is 0.459. The summed E-state index contributed by atoms with van der Waals surface area (Å²) in [6, 6.07) is 4.63. The third kappa shape index (κ3) is 5.74. The fraction of sp³-hybridized carbons (Fsp3) is 0.571. The first kappa shape index (κ1) is 15.3. The van der Waals surface area contributed by atoms with Gasteiger partial charge in [0.25, 0.3) is 0 Å². The van der Waals surface area contributed by atoms with Crippen LogP contribution >= 0.6 is 11.8 Å². The number of aromatic hydroxyl groups is 1. The number of benzene rings is 1. The maximum absolute atomic E-state index is 13.0. The summed E-state index contributed by atoms with van der Waals surface area (Å²) < 4.78 is 13.0. The smallest absolute Gasteiger partial charge is 0.165 e. The molecule has 0 atom stereocenters. The number of hydrogen-bond donors (Lipinski definition) is 2. The number of unbranched alkanes of at least 4 members (excludes halogenated alkanes) is 3. The fourth-order valence-electron chi connectivity index (χ4n) is 1.78. The quantitative estimate of drug-likeness (QED) is 0.674. The average molecular weight is 271 g/mol. The third-order valence-electron chi connectivity index (χ3n) is 2.84. The second-order valence-corrected chi connectivity index (χ2v) is 5.32. The number of nitrogens with one attached hydrogen (secondary N) is 1. The highest BCUT2D eigenvalue weighted by atomic mass is 32.2. The lowest BCUT2D eigenvalue weighted by Gasteiger charge is -2.07. The van der Waals surface area contributed by atoms with Crippen molar-refractivity contribution in [2.75, 3.05) is 18.6 Å². The number of phenols is 1. The monoisotopic (exact) mass is 271 g/mol. The van der Waals surface area contributed by atoms with Crippen molar-refractivity contribution in [3.8, 4) is 5.75 Å². The van der Waals surface area contributed by atoms with Crippen molar-refractivity contribution in [1.29, 1.82) is 0 Å². The van der Waals surface area contributed by atoms with Crippen LogP contribution in [0.3, 0.4) is 0 Å². The number of halogens is 1. The van der Waals surface area contributed by atoms with Crippen LogP contribution in [0.2, 0.25) is 0 Å². The Labute approximate surface area is 113 Å². The van der Waals surface area contributed by atoms with Gasteiger partial charge in [0.1, 0.15) is 0 Å². The molecule has 0 heterocycles. The maximum atomic E-state index is 13.0. The summed E-state index contributed by atoms with van der Waals surface area (Å²) in [7, 11) is 0. The topological polar surface area (TPSA) is 32.3 Å². The van der Waals surface area contributed by atoms with E-state index in [1.807, 2.05) is 11.8 Å². The summed E-state index contributed by atoms with van der Waals surface area (Å²) in [5, 5.41) is 12.7. The molecular formula is C14H22FNOS. The van der Waals surface area contributed by atoms with E-state index >= 15 is 0 Å². The van der Waals surface area contributed by atoms with Gasteiger partial charge in [0.2, 0.25) is 0 Å². The van der Waals surface area contributed by atoms with Crippen molar-refractivity contribution in [2.45, 2.75) is 32.2 Å². The summed E-state index contributed by atoms with van der Waals surface area (Å²) in [6.45, 7) is 1.43. The largest absolute Gasteiger partial charge is 0.505 e. The minimum Gasteiger partial charge on any atom is -0.505 e. The highest BCUT2D eigenvalue weighted by Crippen LogP contribution is 2.20. The van der Waals surface area contributed by atoms with E-state index in [2.05, 4.69) is 11.6 Å². The van der Waals surface area contributed by atoms with Crippen LogP contribution in [-0.2, 0) is 6.54 Å². The highest BCUT2D eigenvalue weighted by molar-refractivity contribution is 7.98. The number of para-hydroxylation sites is 1. The van der Waals surface area contributed by atoms with E-state index in [1.54, 1.807) is 12.1 Å². The molecule has 0 aliphatic heterocycles. The van der Waals surface area contributed by atoms with Crippen molar-refractivity contribution >= 4 is 11.8 Å². The van der Waals surface area contributed by atoms with Gasteiger partial charge >= 0.3 is 0 Å². The minimum absolute atomic E-state index is 0.232. The Morgan fingerprint density at radius 3 is 2.78 bits per heavy atom. The standard InChI is InChI=1S/C14H22FNOS/c1-18-10-5-3-2-4-9-16-11-12-7-6-8-13(15)14(12)17/h6-8,16-17H,2-5,9-11H2,1H3. The van der Waals surface area contributed by atoms with E-state index in [1.165, 1.54) is 31.1 Å². The Bertz CT molecular complexity index is 347. The zero-order chi connectivity index (χ0) is 13.2. The van der Waals surface area contributed by atoms with Gasteiger partial charge in [-0.15, -0.1) is 0 Å². The van der Waals surface area contributed by atoms with Gasteiger partial charge in [-0.3, -0.25) is 0 Å². The molecule has 0 aliphatic carbocycles. The van der Waals surface area contributed by atoms with Crippen molar-refractivity contribution < 1.29 is 9.50 Å². The maximum Gasteiger partial charge on any atom is 0.165 e. The number of rotatable bonds is 9. The lowest BCUT2D eigenvalue weighted by atomic mass is 10.2. The SMILES string of the molecule is CSCCCCCCNCc1cccc(F)c1O. The number of thioether (sulfide) groups is 1. The minimum atomic E-state index is -0.550. The molecule has 2 nitrogen and oxygen atoms in total. The van der Waals surface area contributed by atoms with Gasteiger partial charge < -0.3 is 10.4 Å². The predicted molar refractivity (Wildman–Crippen MR) is 76.6 cm³/mol. The van der Waals surface area contributed by atoms with Crippen LogP contribution in [0.15, 0.2) is 18.2 Å². The molecule has 2 N–H and O–H groups in total. The summed E-state index contributed by atoms with van der Waals surface area (Å²) in [4.78, 5) is 0. The van der Waals surface area contributed by atoms with Crippen LogP contribution in [0.1, 0.15) is 31.2 Å². The van der Waals surface area contributed by atoms with E-state index in [9.17, 15) is 9.50 Å². The third-order valence-corrected chi connectivity index (χ3v) is 3.53. The van der Waals surface area contributed by atoms with Crippen LogP contribution in [0.4, 0.5) is 4.39 Å². The zero-order valence-corrected chi connectivity index (χ0v) is 11.7. The van der Waals surface area contributed by atoms with Gasteiger partial charge in [-0.05, 0) is 37.5 Å². The molecular weight excluding hydrogens is 249 g/mol. The molecule has 0 saturated carbocycles. The highest BCUT2D eigenvalue weighted by Gasteiger charge is 2.05. The molecule has 1 aromatic carbocycles. The molecule has 1 aromatic rings. The van der Waals surface area contributed by atoms with E-state index in [0.29, 0.717) is 12.1 Å². The lowest BCUT2D eigenvalue weighted by Crippen LogP contribution is -2.14. The van der Waals surface area contributed by atoms with E-state index in [0.717, 1.165) is 13.0 Å². The van der Waals surface area contributed by atoms with Gasteiger partial charge in [0.05, 0.1) is 0 Å². The van der Waals surface area contributed by atoms with E-state index in [-0.39, 0.29) is 5.75 Å². The van der Waals surface area contributed by atoms with Gasteiger partial charge in [-0.25, -0.2) is 4.39 Å². The lowest BCUT2D eigenvalue weighted by molar-refractivity contribution is 0.423. The second kappa shape index (κ2) is 9.22. The molecule has 0 aliphatic rings. The second-order valence-electron chi connectivity index (χ2n) is 4.33. The van der Waals surface area contributed by atoms with Gasteiger partial charge in [-0.2, -0.15) is 11.8 Å². The molecule has 0 amide bonds. The van der Waals surface area contributed by atoms with Gasteiger partial charge in [0.15, 0.2) is 11.6 Å². The van der Waals surface area contributed by atoms with Crippen LogP contribution in [0, 0.1) is 5.82 Å². The molecule has 1 rings (SSSR count). The van der Waals surface area contributed by atoms with Crippen LogP contribution in [0.25, 0.3) is 0 Å².